The molecule has 3 aromatic rings. The highest BCUT2D eigenvalue weighted by Gasteiger charge is 2.15. The standard InChI is InChI=1S/C17H15ClN2O3/c1-10(22-14-5-3-4-12(18)8-14)17(21)20-13-6-7-16-15(9-13)19-11(2)23-16/h3-10H,1-2H3,(H,20,21)/t10-/m0/s1. The lowest BCUT2D eigenvalue weighted by molar-refractivity contribution is -0.122. The first kappa shape index (κ1) is 15.4. The summed E-state index contributed by atoms with van der Waals surface area (Å²) >= 11 is 5.90. The summed E-state index contributed by atoms with van der Waals surface area (Å²) in [4.78, 5) is 16.5. The smallest absolute Gasteiger partial charge is 0.265 e. The quantitative estimate of drug-likeness (QED) is 0.778. The normalized spacial score (nSPS) is 12.1. The second-order valence-electron chi connectivity index (χ2n) is 5.12. The van der Waals surface area contributed by atoms with Gasteiger partial charge in [0, 0.05) is 17.6 Å². The molecule has 1 atom stereocenters. The summed E-state index contributed by atoms with van der Waals surface area (Å²) in [6.45, 7) is 3.45. The molecule has 118 valence electrons. The molecule has 6 heteroatoms. The van der Waals surface area contributed by atoms with E-state index < -0.39 is 6.10 Å². The second kappa shape index (κ2) is 6.30. The SMILES string of the molecule is Cc1nc2cc(NC(=O)[C@H](C)Oc3cccc(Cl)c3)ccc2o1. The number of nitrogens with zero attached hydrogens (tertiary/aromatic N) is 1. The third-order valence-electron chi connectivity index (χ3n) is 3.24. The second-order valence-corrected chi connectivity index (χ2v) is 5.56. The van der Waals surface area contributed by atoms with Gasteiger partial charge in [-0.2, -0.15) is 0 Å². The number of aromatic nitrogens is 1. The van der Waals surface area contributed by atoms with E-state index in [1.807, 2.05) is 0 Å². The molecule has 1 heterocycles. The molecule has 0 saturated carbocycles. The lowest BCUT2D eigenvalue weighted by atomic mass is 10.2. The number of nitrogens with one attached hydrogen (secondary N) is 1. The molecule has 1 N–H and O–H groups in total. The number of hydrogen-bond acceptors (Lipinski definition) is 4. The molecule has 0 aliphatic carbocycles. The van der Waals surface area contributed by atoms with Gasteiger partial charge in [0.1, 0.15) is 11.3 Å². The molecule has 0 radical (unpaired) electrons. The number of halogens is 1. The van der Waals surface area contributed by atoms with Crippen LogP contribution >= 0.6 is 11.6 Å². The minimum Gasteiger partial charge on any atom is -0.481 e. The first-order valence-corrected chi connectivity index (χ1v) is 7.49. The van der Waals surface area contributed by atoms with Crippen LogP contribution in [0.15, 0.2) is 46.9 Å². The molecule has 0 unspecified atom stereocenters. The van der Waals surface area contributed by atoms with Gasteiger partial charge in [0.05, 0.1) is 0 Å². The summed E-state index contributed by atoms with van der Waals surface area (Å²) in [5.74, 6) is 0.869. The number of aryl methyl sites for hydroxylation is 1. The van der Waals surface area contributed by atoms with Crippen LogP contribution < -0.4 is 10.1 Å². The van der Waals surface area contributed by atoms with E-state index in [-0.39, 0.29) is 5.91 Å². The molecule has 3 rings (SSSR count). The zero-order chi connectivity index (χ0) is 16.4. The van der Waals surface area contributed by atoms with Gasteiger partial charge in [-0.05, 0) is 43.3 Å². The molecule has 5 nitrogen and oxygen atoms in total. The van der Waals surface area contributed by atoms with E-state index in [1.165, 1.54) is 0 Å². The number of oxazole rings is 1. The van der Waals surface area contributed by atoms with E-state index in [0.29, 0.717) is 33.4 Å². The number of rotatable bonds is 4. The van der Waals surface area contributed by atoms with Gasteiger partial charge >= 0.3 is 0 Å². The average molecular weight is 331 g/mol. The molecule has 0 fully saturated rings. The number of ether oxygens (including phenoxy) is 1. The van der Waals surface area contributed by atoms with Gasteiger partial charge in [0.25, 0.3) is 5.91 Å². The van der Waals surface area contributed by atoms with Crippen LogP contribution in [0, 0.1) is 6.92 Å². The highest BCUT2D eigenvalue weighted by atomic mass is 35.5. The summed E-state index contributed by atoms with van der Waals surface area (Å²) in [5.41, 5.74) is 2.02. The van der Waals surface area contributed by atoms with Crippen LogP contribution in [0.2, 0.25) is 5.02 Å². The molecule has 0 aliphatic rings. The number of fused-ring (bicyclic) bond motifs is 1. The van der Waals surface area contributed by atoms with Gasteiger partial charge in [-0.15, -0.1) is 0 Å². The van der Waals surface area contributed by atoms with Crippen molar-refractivity contribution in [2.75, 3.05) is 5.32 Å². The fourth-order valence-corrected chi connectivity index (χ4v) is 2.34. The van der Waals surface area contributed by atoms with Crippen LogP contribution in [-0.4, -0.2) is 17.0 Å². The van der Waals surface area contributed by atoms with Crippen molar-refractivity contribution < 1.29 is 13.9 Å². The van der Waals surface area contributed by atoms with Crippen molar-refractivity contribution in [1.82, 2.24) is 4.98 Å². The van der Waals surface area contributed by atoms with E-state index in [2.05, 4.69) is 10.3 Å². The number of carbonyl (C=O) groups is 1. The minimum atomic E-state index is -0.664. The Morgan fingerprint density at radius 2 is 2.13 bits per heavy atom. The van der Waals surface area contributed by atoms with Crippen LogP contribution in [0.25, 0.3) is 11.1 Å². The van der Waals surface area contributed by atoms with Gasteiger partial charge in [0.2, 0.25) is 0 Å². The summed E-state index contributed by atoms with van der Waals surface area (Å²) in [7, 11) is 0. The Morgan fingerprint density at radius 3 is 2.91 bits per heavy atom. The van der Waals surface area contributed by atoms with Gasteiger partial charge in [-0.25, -0.2) is 4.98 Å². The van der Waals surface area contributed by atoms with Crippen molar-refractivity contribution in [3.8, 4) is 5.75 Å². The molecule has 1 amide bonds. The van der Waals surface area contributed by atoms with Crippen molar-refractivity contribution in [3.05, 3.63) is 53.4 Å². The maximum absolute atomic E-state index is 12.2. The maximum Gasteiger partial charge on any atom is 0.265 e. The summed E-state index contributed by atoms with van der Waals surface area (Å²) in [5, 5.41) is 3.36. The largest absolute Gasteiger partial charge is 0.481 e. The predicted molar refractivity (Wildman–Crippen MR) is 88.9 cm³/mol. The van der Waals surface area contributed by atoms with Crippen LogP contribution in [0.3, 0.4) is 0 Å². The number of carbonyl (C=O) groups excluding carboxylic acids is 1. The van der Waals surface area contributed by atoms with Crippen molar-refractivity contribution in [1.29, 1.82) is 0 Å². The molecule has 0 aliphatic heterocycles. The molecule has 23 heavy (non-hydrogen) atoms. The first-order valence-electron chi connectivity index (χ1n) is 7.11. The third-order valence-corrected chi connectivity index (χ3v) is 3.48. The zero-order valence-corrected chi connectivity index (χ0v) is 13.4. The minimum absolute atomic E-state index is 0.260. The molecule has 2 aromatic carbocycles. The topological polar surface area (TPSA) is 64.4 Å². The molecule has 1 aromatic heterocycles. The van der Waals surface area contributed by atoms with Crippen LogP contribution in [-0.2, 0) is 4.79 Å². The van der Waals surface area contributed by atoms with E-state index in [1.54, 1.807) is 56.3 Å². The zero-order valence-electron chi connectivity index (χ0n) is 12.7. The van der Waals surface area contributed by atoms with Gasteiger partial charge in [-0.3, -0.25) is 4.79 Å². The third kappa shape index (κ3) is 3.63. The summed E-state index contributed by atoms with van der Waals surface area (Å²) in [6.07, 6.45) is -0.664. The number of anilines is 1. The molecule has 0 bridgehead atoms. The predicted octanol–water partition coefficient (Wildman–Crippen LogP) is 4.20. The van der Waals surface area contributed by atoms with Gasteiger partial charge in [0.15, 0.2) is 17.6 Å². The lowest BCUT2D eigenvalue weighted by Gasteiger charge is -2.14. The average Bonchev–Trinajstić information content (AvgIpc) is 2.86. The summed E-state index contributed by atoms with van der Waals surface area (Å²) < 4.78 is 11.0. The number of benzene rings is 2. The Kier molecular flexibility index (Phi) is 4.21. The Labute approximate surface area is 138 Å². The molecule has 0 spiro atoms. The monoisotopic (exact) mass is 330 g/mol. The van der Waals surface area contributed by atoms with Crippen LogP contribution in [0.5, 0.6) is 5.75 Å². The Morgan fingerprint density at radius 1 is 1.30 bits per heavy atom. The summed E-state index contributed by atoms with van der Waals surface area (Å²) in [6, 6.07) is 12.2. The van der Waals surface area contributed by atoms with E-state index >= 15 is 0 Å². The Bertz CT molecular complexity index is 860. The van der Waals surface area contributed by atoms with Crippen LogP contribution in [0.1, 0.15) is 12.8 Å². The Balaban J connectivity index is 1.69. The molecular formula is C17H15ClN2O3. The fraction of sp³-hybridized carbons (Fsp3) is 0.176. The van der Waals surface area contributed by atoms with E-state index in [0.717, 1.165) is 0 Å². The van der Waals surface area contributed by atoms with Crippen molar-refractivity contribution in [3.63, 3.8) is 0 Å². The first-order chi connectivity index (χ1) is 11.0. The highest BCUT2D eigenvalue weighted by Crippen LogP contribution is 2.21. The fourth-order valence-electron chi connectivity index (χ4n) is 2.16. The van der Waals surface area contributed by atoms with E-state index in [9.17, 15) is 4.79 Å². The van der Waals surface area contributed by atoms with Gasteiger partial charge in [-0.1, -0.05) is 17.7 Å². The van der Waals surface area contributed by atoms with Crippen molar-refractivity contribution >= 4 is 34.3 Å². The van der Waals surface area contributed by atoms with Crippen molar-refractivity contribution in [2.24, 2.45) is 0 Å². The number of hydrogen-bond donors (Lipinski definition) is 1. The van der Waals surface area contributed by atoms with Crippen molar-refractivity contribution in [2.45, 2.75) is 20.0 Å². The highest BCUT2D eigenvalue weighted by molar-refractivity contribution is 6.30. The number of amides is 1. The molecule has 0 saturated heterocycles. The van der Waals surface area contributed by atoms with Gasteiger partial charge < -0.3 is 14.5 Å². The maximum atomic E-state index is 12.2. The molecular weight excluding hydrogens is 316 g/mol. The van der Waals surface area contributed by atoms with Crippen LogP contribution in [0.4, 0.5) is 5.69 Å². The lowest BCUT2D eigenvalue weighted by Crippen LogP contribution is -2.30. The Hall–Kier alpha value is -2.53. The van der Waals surface area contributed by atoms with E-state index in [4.69, 9.17) is 20.8 Å².